The van der Waals surface area contributed by atoms with Crippen LogP contribution in [0.15, 0.2) is 30.3 Å². The maximum Gasteiger partial charge on any atom is 0.270 e. The number of aliphatic hydroxyl groups excluding tert-OH is 1. The predicted octanol–water partition coefficient (Wildman–Crippen LogP) is 2.41. The Kier molecular flexibility index (Phi) is 3.72. The third kappa shape index (κ3) is 2.56. The molecule has 1 aliphatic heterocycles. The molecule has 0 spiro atoms. The predicted molar refractivity (Wildman–Crippen MR) is 83.2 cm³/mol. The number of carbonyl (C=O) groups is 1. The van der Waals surface area contributed by atoms with Crippen molar-refractivity contribution in [3.8, 4) is 0 Å². The van der Waals surface area contributed by atoms with E-state index in [0.717, 1.165) is 36.0 Å². The van der Waals surface area contributed by atoms with Crippen LogP contribution in [0.2, 0.25) is 0 Å². The fraction of sp³-hybridized carbons (Fsp3) is 0.471. The van der Waals surface area contributed by atoms with Crippen LogP contribution in [-0.4, -0.2) is 39.7 Å². The van der Waals surface area contributed by atoms with Crippen LogP contribution in [0.4, 0.5) is 0 Å². The van der Waals surface area contributed by atoms with Crippen molar-refractivity contribution in [2.45, 2.75) is 25.9 Å². The van der Waals surface area contributed by atoms with Crippen LogP contribution in [0.5, 0.6) is 0 Å². The molecule has 0 bridgehead atoms. The lowest BCUT2D eigenvalue weighted by Crippen LogP contribution is -2.43. The highest BCUT2D eigenvalue weighted by Gasteiger charge is 2.28. The van der Waals surface area contributed by atoms with Gasteiger partial charge in [-0.15, -0.1) is 0 Å². The minimum atomic E-state index is -0.354. The average molecular weight is 286 g/mol. The third-order valence-electron chi connectivity index (χ3n) is 4.60. The second kappa shape index (κ2) is 5.53. The molecule has 1 aromatic heterocycles. The van der Waals surface area contributed by atoms with Gasteiger partial charge in [0.05, 0.1) is 6.10 Å². The van der Waals surface area contributed by atoms with E-state index in [0.29, 0.717) is 6.54 Å². The van der Waals surface area contributed by atoms with Crippen molar-refractivity contribution in [1.82, 2.24) is 9.47 Å². The lowest BCUT2D eigenvalue weighted by molar-refractivity contribution is 0.0459. The summed E-state index contributed by atoms with van der Waals surface area (Å²) in [6.07, 6.45) is 1.61. The summed E-state index contributed by atoms with van der Waals surface area (Å²) in [5.74, 6) is 0.261. The molecule has 4 nitrogen and oxygen atoms in total. The number of fused-ring (bicyclic) bond motifs is 1. The van der Waals surface area contributed by atoms with Crippen LogP contribution >= 0.6 is 0 Å². The number of aryl methyl sites for hydroxylation is 1. The van der Waals surface area contributed by atoms with E-state index < -0.39 is 0 Å². The highest BCUT2D eigenvalue weighted by atomic mass is 16.3. The van der Waals surface area contributed by atoms with Crippen molar-refractivity contribution in [3.63, 3.8) is 0 Å². The summed E-state index contributed by atoms with van der Waals surface area (Å²) >= 11 is 0. The zero-order chi connectivity index (χ0) is 15.0. The quantitative estimate of drug-likeness (QED) is 0.921. The summed E-state index contributed by atoms with van der Waals surface area (Å²) in [4.78, 5) is 14.7. The number of para-hydroxylation sites is 1. The summed E-state index contributed by atoms with van der Waals surface area (Å²) < 4.78 is 1.96. The monoisotopic (exact) mass is 286 g/mol. The Balaban J connectivity index is 1.88. The highest BCUT2D eigenvalue weighted by Crippen LogP contribution is 2.24. The molecule has 1 fully saturated rings. The standard InChI is InChI=1S/C17H22N2O2/c1-12(20)14-7-5-9-19(11-14)17(21)16-10-13-6-3-4-8-15(13)18(16)2/h3-4,6,8,10,12,14,20H,5,7,9,11H2,1-2H3. The van der Waals surface area contributed by atoms with E-state index in [1.165, 1.54) is 0 Å². The van der Waals surface area contributed by atoms with Crippen LogP contribution in [0.3, 0.4) is 0 Å². The van der Waals surface area contributed by atoms with Crippen LogP contribution in [0, 0.1) is 5.92 Å². The Morgan fingerprint density at radius 1 is 1.38 bits per heavy atom. The number of likely N-dealkylation sites (tertiary alicyclic amines) is 1. The summed E-state index contributed by atoms with van der Waals surface area (Å²) in [7, 11) is 1.94. The van der Waals surface area contributed by atoms with Gasteiger partial charge >= 0.3 is 0 Å². The molecule has 3 rings (SSSR count). The van der Waals surface area contributed by atoms with Crippen molar-refractivity contribution in [3.05, 3.63) is 36.0 Å². The molecule has 0 radical (unpaired) electrons. The van der Waals surface area contributed by atoms with Gasteiger partial charge in [0.1, 0.15) is 5.69 Å². The number of aromatic nitrogens is 1. The van der Waals surface area contributed by atoms with E-state index in [-0.39, 0.29) is 17.9 Å². The van der Waals surface area contributed by atoms with E-state index in [1.807, 2.05) is 53.8 Å². The number of rotatable bonds is 2. The Bertz CT molecular complexity index is 660. The number of amides is 1. The van der Waals surface area contributed by atoms with E-state index in [4.69, 9.17) is 0 Å². The molecule has 1 saturated heterocycles. The maximum atomic E-state index is 12.8. The van der Waals surface area contributed by atoms with Gasteiger partial charge in [0.2, 0.25) is 0 Å². The minimum Gasteiger partial charge on any atom is -0.393 e. The number of hydrogen-bond donors (Lipinski definition) is 1. The minimum absolute atomic E-state index is 0.0686. The van der Waals surface area contributed by atoms with Crippen molar-refractivity contribution < 1.29 is 9.90 Å². The molecule has 4 heteroatoms. The third-order valence-corrected chi connectivity index (χ3v) is 4.60. The van der Waals surface area contributed by atoms with E-state index in [1.54, 1.807) is 0 Å². The van der Waals surface area contributed by atoms with Gasteiger partial charge in [-0.3, -0.25) is 4.79 Å². The molecule has 2 atom stereocenters. The van der Waals surface area contributed by atoms with Gasteiger partial charge in [-0.25, -0.2) is 0 Å². The van der Waals surface area contributed by atoms with Crippen LogP contribution < -0.4 is 0 Å². The summed E-state index contributed by atoms with van der Waals surface area (Å²) in [5, 5.41) is 10.9. The number of aliphatic hydroxyl groups is 1. The molecular weight excluding hydrogens is 264 g/mol. The lowest BCUT2D eigenvalue weighted by Gasteiger charge is -2.34. The van der Waals surface area contributed by atoms with Gasteiger partial charge in [0, 0.05) is 37.0 Å². The van der Waals surface area contributed by atoms with Gasteiger partial charge in [-0.1, -0.05) is 18.2 Å². The van der Waals surface area contributed by atoms with Crippen LogP contribution in [0.1, 0.15) is 30.3 Å². The second-order valence-electron chi connectivity index (χ2n) is 6.04. The van der Waals surface area contributed by atoms with Crippen molar-refractivity contribution in [1.29, 1.82) is 0 Å². The summed E-state index contributed by atoms with van der Waals surface area (Å²) in [6, 6.07) is 9.99. The Morgan fingerprint density at radius 2 is 2.14 bits per heavy atom. The largest absolute Gasteiger partial charge is 0.393 e. The van der Waals surface area contributed by atoms with Crippen LogP contribution in [-0.2, 0) is 7.05 Å². The normalized spacial score (nSPS) is 20.7. The van der Waals surface area contributed by atoms with E-state index in [9.17, 15) is 9.90 Å². The topological polar surface area (TPSA) is 45.5 Å². The zero-order valence-electron chi connectivity index (χ0n) is 12.6. The molecule has 2 heterocycles. The fourth-order valence-electron chi connectivity index (χ4n) is 3.24. The second-order valence-corrected chi connectivity index (χ2v) is 6.04. The smallest absolute Gasteiger partial charge is 0.270 e. The summed E-state index contributed by atoms with van der Waals surface area (Å²) in [5.41, 5.74) is 1.80. The van der Waals surface area contributed by atoms with Crippen molar-refractivity contribution in [2.75, 3.05) is 13.1 Å². The number of carbonyl (C=O) groups excluding carboxylic acids is 1. The molecule has 2 aromatic rings. The van der Waals surface area contributed by atoms with Crippen LogP contribution in [0.25, 0.3) is 10.9 Å². The van der Waals surface area contributed by atoms with E-state index in [2.05, 4.69) is 0 Å². The Hall–Kier alpha value is -1.81. The zero-order valence-corrected chi connectivity index (χ0v) is 12.6. The molecule has 21 heavy (non-hydrogen) atoms. The first-order valence-corrected chi connectivity index (χ1v) is 7.59. The molecule has 1 aromatic carbocycles. The van der Waals surface area contributed by atoms with Gasteiger partial charge in [-0.2, -0.15) is 0 Å². The fourth-order valence-corrected chi connectivity index (χ4v) is 3.24. The molecule has 0 aliphatic carbocycles. The average Bonchev–Trinajstić information content (AvgIpc) is 2.84. The first-order valence-electron chi connectivity index (χ1n) is 7.59. The Morgan fingerprint density at radius 3 is 2.86 bits per heavy atom. The number of nitrogens with zero attached hydrogens (tertiary/aromatic N) is 2. The molecule has 112 valence electrons. The van der Waals surface area contributed by atoms with Gasteiger partial charge < -0.3 is 14.6 Å². The molecule has 2 unspecified atom stereocenters. The van der Waals surface area contributed by atoms with Crippen molar-refractivity contribution in [2.24, 2.45) is 13.0 Å². The maximum absolute atomic E-state index is 12.8. The Labute approximate surface area is 125 Å². The molecule has 1 amide bonds. The van der Waals surface area contributed by atoms with E-state index >= 15 is 0 Å². The number of piperidine rings is 1. The molecule has 1 aliphatic rings. The van der Waals surface area contributed by atoms with Crippen molar-refractivity contribution >= 4 is 16.8 Å². The van der Waals surface area contributed by atoms with Gasteiger partial charge in [0.15, 0.2) is 0 Å². The highest BCUT2D eigenvalue weighted by molar-refractivity contribution is 5.98. The SMILES string of the molecule is CC(O)C1CCCN(C(=O)c2cc3ccccc3n2C)C1. The first-order chi connectivity index (χ1) is 10.1. The number of hydrogen-bond acceptors (Lipinski definition) is 2. The lowest BCUT2D eigenvalue weighted by atomic mass is 9.93. The molecular formula is C17H22N2O2. The first kappa shape index (κ1) is 14.1. The molecule has 1 N–H and O–H groups in total. The van der Waals surface area contributed by atoms with Gasteiger partial charge in [0.25, 0.3) is 5.91 Å². The summed E-state index contributed by atoms with van der Waals surface area (Å²) in [6.45, 7) is 3.25. The van der Waals surface area contributed by atoms with Gasteiger partial charge in [-0.05, 0) is 31.9 Å². The molecule has 0 saturated carbocycles. The number of benzene rings is 1.